The summed E-state index contributed by atoms with van der Waals surface area (Å²) in [5, 5.41) is 7.46. The van der Waals surface area contributed by atoms with E-state index in [1.807, 2.05) is 10.9 Å². The van der Waals surface area contributed by atoms with Gasteiger partial charge in [0.15, 0.2) is 0 Å². The predicted octanol–water partition coefficient (Wildman–Crippen LogP) is 0.803. The van der Waals surface area contributed by atoms with Crippen molar-refractivity contribution in [3.8, 4) is 0 Å². The Labute approximate surface area is 53.7 Å². The molecule has 1 aliphatic carbocycles. The first kappa shape index (κ1) is 4.97. The highest BCUT2D eigenvalue weighted by Gasteiger charge is 2.19. The molecule has 9 heavy (non-hydrogen) atoms. The minimum atomic E-state index is 0.628. The fraction of sp³-hybridized carbons (Fsp3) is 0.667. The molecular weight excluding hydrogens is 114 g/mol. The molecule has 0 saturated heterocycles. The molecule has 1 heterocycles. The van der Waals surface area contributed by atoms with E-state index in [2.05, 4.69) is 16.5 Å². The van der Waals surface area contributed by atoms with Gasteiger partial charge in [-0.25, -0.2) is 4.68 Å². The molecule has 0 atom stereocenters. The van der Waals surface area contributed by atoms with Gasteiger partial charge in [-0.2, -0.15) is 0 Å². The van der Waals surface area contributed by atoms with Gasteiger partial charge in [-0.3, -0.25) is 0 Å². The quantitative estimate of drug-likeness (QED) is 0.551. The fourth-order valence-electron chi connectivity index (χ4n) is 1.02. The second kappa shape index (κ2) is 1.83. The minimum Gasteiger partial charge on any atom is -0.249 e. The van der Waals surface area contributed by atoms with Crippen LogP contribution in [0, 0.1) is 6.20 Å². The summed E-state index contributed by atoms with van der Waals surface area (Å²) in [5.41, 5.74) is 0. The first-order chi connectivity index (χ1) is 4.47. The second-order valence-corrected chi connectivity index (χ2v) is 2.41. The summed E-state index contributed by atoms with van der Waals surface area (Å²) in [5.74, 6) is 0. The zero-order valence-corrected chi connectivity index (χ0v) is 5.12. The van der Waals surface area contributed by atoms with E-state index in [-0.39, 0.29) is 0 Å². The van der Waals surface area contributed by atoms with Crippen molar-refractivity contribution < 1.29 is 0 Å². The van der Waals surface area contributed by atoms with Crippen LogP contribution in [0.4, 0.5) is 0 Å². The van der Waals surface area contributed by atoms with Crippen LogP contribution in [0.3, 0.4) is 0 Å². The molecule has 1 fully saturated rings. The van der Waals surface area contributed by atoms with Crippen molar-refractivity contribution in [1.29, 1.82) is 0 Å². The van der Waals surface area contributed by atoms with Gasteiger partial charge in [0, 0.05) is 0 Å². The lowest BCUT2D eigenvalue weighted by Gasteiger charge is -2.24. The van der Waals surface area contributed by atoms with Gasteiger partial charge in [0.25, 0.3) is 0 Å². The molecule has 0 aromatic carbocycles. The third-order valence-corrected chi connectivity index (χ3v) is 1.84. The summed E-state index contributed by atoms with van der Waals surface area (Å²) in [4.78, 5) is 0. The molecule has 1 aromatic heterocycles. The van der Waals surface area contributed by atoms with Crippen molar-refractivity contribution in [2.24, 2.45) is 0 Å². The first-order valence-corrected chi connectivity index (χ1v) is 3.25. The summed E-state index contributed by atoms with van der Waals surface area (Å²) in [7, 11) is 0. The molecule has 3 heteroatoms. The molecular formula is C6H8N3. The Morgan fingerprint density at radius 3 is 2.89 bits per heavy atom. The fourth-order valence-corrected chi connectivity index (χ4v) is 1.02. The van der Waals surface area contributed by atoms with E-state index in [0.717, 1.165) is 0 Å². The van der Waals surface area contributed by atoms with Crippen LogP contribution in [0.1, 0.15) is 25.3 Å². The molecule has 1 aromatic rings. The minimum absolute atomic E-state index is 0.628. The van der Waals surface area contributed by atoms with Crippen molar-refractivity contribution >= 4 is 0 Å². The van der Waals surface area contributed by atoms with Crippen LogP contribution in [0.25, 0.3) is 0 Å². The SMILES string of the molecule is [c]1cn(C2CCC2)nn1. The summed E-state index contributed by atoms with van der Waals surface area (Å²) in [6.45, 7) is 0. The smallest absolute Gasteiger partial charge is 0.134 e. The molecule has 1 radical (unpaired) electrons. The molecule has 0 unspecified atom stereocenters. The topological polar surface area (TPSA) is 30.7 Å². The van der Waals surface area contributed by atoms with Gasteiger partial charge in [0.05, 0.1) is 12.2 Å². The standard InChI is InChI=1S/C6H8N3/c1-2-6(3-1)9-5-4-7-8-9/h5-6H,1-3H2. The van der Waals surface area contributed by atoms with Crippen LogP contribution in [0.15, 0.2) is 6.20 Å². The molecule has 0 amide bonds. The normalized spacial score (nSPS) is 19.6. The predicted molar refractivity (Wildman–Crippen MR) is 31.7 cm³/mol. The lowest BCUT2D eigenvalue weighted by atomic mass is 9.93. The molecule has 0 N–H and O–H groups in total. The Hall–Kier alpha value is -0.860. The zero-order valence-electron chi connectivity index (χ0n) is 5.12. The number of hydrogen-bond acceptors (Lipinski definition) is 2. The number of hydrogen-bond donors (Lipinski definition) is 0. The van der Waals surface area contributed by atoms with E-state index in [0.29, 0.717) is 6.04 Å². The van der Waals surface area contributed by atoms with E-state index in [4.69, 9.17) is 0 Å². The van der Waals surface area contributed by atoms with E-state index >= 15 is 0 Å². The zero-order chi connectivity index (χ0) is 6.10. The van der Waals surface area contributed by atoms with E-state index in [1.54, 1.807) is 0 Å². The Morgan fingerprint density at radius 2 is 2.44 bits per heavy atom. The van der Waals surface area contributed by atoms with Crippen molar-refractivity contribution in [2.45, 2.75) is 25.3 Å². The Bertz CT molecular complexity index is 176. The molecule has 2 rings (SSSR count). The van der Waals surface area contributed by atoms with Crippen LogP contribution >= 0.6 is 0 Å². The van der Waals surface area contributed by atoms with Gasteiger partial charge >= 0.3 is 0 Å². The van der Waals surface area contributed by atoms with Crippen LogP contribution in [-0.2, 0) is 0 Å². The Kier molecular flexibility index (Phi) is 1.01. The van der Waals surface area contributed by atoms with Crippen LogP contribution in [-0.4, -0.2) is 15.0 Å². The number of nitrogens with zero attached hydrogens (tertiary/aromatic N) is 3. The molecule has 0 bridgehead atoms. The summed E-state index contributed by atoms with van der Waals surface area (Å²) in [6.07, 6.45) is 8.35. The van der Waals surface area contributed by atoms with Crippen molar-refractivity contribution in [3.63, 3.8) is 0 Å². The molecule has 0 aliphatic heterocycles. The molecule has 1 saturated carbocycles. The largest absolute Gasteiger partial charge is 0.249 e. The Morgan fingerprint density at radius 1 is 1.56 bits per heavy atom. The number of rotatable bonds is 1. The average Bonchev–Trinajstić information content (AvgIpc) is 2.11. The van der Waals surface area contributed by atoms with Crippen molar-refractivity contribution in [3.05, 3.63) is 12.4 Å². The maximum atomic E-state index is 3.85. The first-order valence-electron chi connectivity index (χ1n) is 3.25. The second-order valence-electron chi connectivity index (χ2n) is 2.41. The van der Waals surface area contributed by atoms with Gasteiger partial charge in [-0.15, -0.1) is 5.10 Å². The molecule has 3 nitrogen and oxygen atoms in total. The van der Waals surface area contributed by atoms with E-state index in [1.165, 1.54) is 19.3 Å². The third-order valence-electron chi connectivity index (χ3n) is 1.84. The van der Waals surface area contributed by atoms with Gasteiger partial charge in [0.1, 0.15) is 6.20 Å². The Balaban J connectivity index is 2.14. The highest BCUT2D eigenvalue weighted by molar-refractivity contribution is 4.77. The van der Waals surface area contributed by atoms with Crippen LogP contribution in [0.2, 0.25) is 0 Å². The van der Waals surface area contributed by atoms with Crippen molar-refractivity contribution in [2.75, 3.05) is 0 Å². The highest BCUT2D eigenvalue weighted by atomic mass is 15.4. The van der Waals surface area contributed by atoms with Gasteiger partial charge in [-0.1, -0.05) is 5.21 Å². The monoisotopic (exact) mass is 122 g/mol. The van der Waals surface area contributed by atoms with E-state index < -0.39 is 0 Å². The number of aromatic nitrogens is 3. The van der Waals surface area contributed by atoms with Gasteiger partial charge in [-0.05, 0) is 19.3 Å². The van der Waals surface area contributed by atoms with Crippen LogP contribution in [0.5, 0.6) is 0 Å². The van der Waals surface area contributed by atoms with Gasteiger partial charge < -0.3 is 0 Å². The molecule has 1 aliphatic rings. The molecule has 47 valence electrons. The summed E-state index contributed by atoms with van der Waals surface area (Å²) in [6, 6.07) is 0.628. The lowest BCUT2D eigenvalue weighted by Crippen LogP contribution is -2.17. The van der Waals surface area contributed by atoms with Crippen molar-refractivity contribution in [1.82, 2.24) is 15.0 Å². The third kappa shape index (κ3) is 0.724. The maximum Gasteiger partial charge on any atom is 0.134 e. The average molecular weight is 122 g/mol. The van der Waals surface area contributed by atoms with Gasteiger partial charge in [0.2, 0.25) is 0 Å². The lowest BCUT2D eigenvalue weighted by molar-refractivity contribution is 0.284. The van der Waals surface area contributed by atoms with E-state index in [9.17, 15) is 0 Å². The summed E-state index contributed by atoms with van der Waals surface area (Å²) >= 11 is 0. The summed E-state index contributed by atoms with van der Waals surface area (Å²) < 4.78 is 1.89. The maximum absolute atomic E-state index is 3.85. The molecule has 0 spiro atoms. The van der Waals surface area contributed by atoms with Crippen LogP contribution < -0.4 is 0 Å². The highest BCUT2D eigenvalue weighted by Crippen LogP contribution is 2.29.